The van der Waals surface area contributed by atoms with Crippen molar-refractivity contribution in [2.45, 2.75) is 12.1 Å². The lowest BCUT2D eigenvalue weighted by atomic mass is 9.93. The molecule has 0 bridgehead atoms. The minimum absolute atomic E-state index is 0.124. The Morgan fingerprint density at radius 1 is 0.561 bits per heavy atom. The van der Waals surface area contributed by atoms with E-state index in [1.165, 1.54) is 38.9 Å². The molecule has 6 aromatic rings. The lowest BCUT2D eigenvalue weighted by Crippen LogP contribution is -2.35. The molecule has 2 N–H and O–H groups in total. The molecule has 0 saturated carbocycles. The minimum atomic E-state index is 0.124. The predicted molar refractivity (Wildman–Crippen MR) is 170 cm³/mol. The quantitative estimate of drug-likeness (QED) is 0.239. The minimum Gasteiger partial charge on any atom is -0.455 e. The fraction of sp³-hybridized carbons (Fsp3) is 0.0526. The van der Waals surface area contributed by atoms with Crippen molar-refractivity contribution < 1.29 is 4.42 Å². The Morgan fingerprint density at radius 2 is 1.34 bits per heavy atom. The molecular weight excluding hydrogens is 500 g/mol. The van der Waals surface area contributed by atoms with Gasteiger partial charge >= 0.3 is 0 Å². The van der Waals surface area contributed by atoms with E-state index < -0.39 is 0 Å². The predicted octanol–water partition coefficient (Wildman–Crippen LogP) is 9.20. The highest BCUT2D eigenvalue weighted by Crippen LogP contribution is 2.41. The number of rotatable bonds is 4. The molecule has 0 saturated heterocycles. The summed E-state index contributed by atoms with van der Waals surface area (Å²) >= 11 is 0. The van der Waals surface area contributed by atoms with Crippen LogP contribution < -0.4 is 10.6 Å². The first-order valence-electron chi connectivity index (χ1n) is 14.1. The molecular formula is C38H28N2O. The van der Waals surface area contributed by atoms with E-state index in [-0.39, 0.29) is 12.1 Å². The van der Waals surface area contributed by atoms with Crippen LogP contribution in [0, 0.1) is 0 Å². The van der Waals surface area contributed by atoms with Crippen LogP contribution in [-0.4, -0.2) is 6.04 Å². The lowest BCUT2D eigenvalue weighted by molar-refractivity contribution is 0.627. The van der Waals surface area contributed by atoms with Gasteiger partial charge in [0.1, 0.15) is 11.2 Å². The van der Waals surface area contributed by atoms with E-state index in [2.05, 4.69) is 144 Å². The molecule has 3 nitrogen and oxygen atoms in total. The van der Waals surface area contributed by atoms with E-state index in [0.29, 0.717) is 0 Å². The molecule has 3 heterocycles. The molecule has 2 aliphatic rings. The number of hydrogen-bond donors (Lipinski definition) is 2. The summed E-state index contributed by atoms with van der Waals surface area (Å²) in [6.45, 7) is 0. The number of benzene rings is 5. The van der Waals surface area contributed by atoms with Crippen LogP contribution in [0.3, 0.4) is 0 Å². The fourth-order valence-corrected chi connectivity index (χ4v) is 6.09. The van der Waals surface area contributed by atoms with Crippen LogP contribution in [0.5, 0.6) is 0 Å². The third-order valence-corrected chi connectivity index (χ3v) is 8.19. The molecule has 2 unspecified atom stereocenters. The Kier molecular flexibility index (Phi) is 5.60. The Labute approximate surface area is 238 Å². The molecule has 41 heavy (non-hydrogen) atoms. The summed E-state index contributed by atoms with van der Waals surface area (Å²) in [5, 5.41) is 11.7. The lowest BCUT2D eigenvalue weighted by Gasteiger charge is -2.27. The van der Waals surface area contributed by atoms with Crippen LogP contribution in [0.15, 0.2) is 156 Å². The van der Waals surface area contributed by atoms with Gasteiger partial charge in [0.25, 0.3) is 0 Å². The molecule has 0 aliphatic carbocycles. The zero-order valence-corrected chi connectivity index (χ0v) is 22.4. The first-order chi connectivity index (χ1) is 20.3. The van der Waals surface area contributed by atoms with Gasteiger partial charge in [0.2, 0.25) is 0 Å². The number of hydrogen-bond acceptors (Lipinski definition) is 3. The van der Waals surface area contributed by atoms with Gasteiger partial charge in [-0.2, -0.15) is 0 Å². The summed E-state index contributed by atoms with van der Waals surface area (Å²) in [6.07, 6.45) is 14.8. The number of nitrogens with one attached hydrogen (secondary N) is 2. The van der Waals surface area contributed by atoms with Crippen molar-refractivity contribution in [3.63, 3.8) is 0 Å². The van der Waals surface area contributed by atoms with Crippen molar-refractivity contribution in [3.05, 3.63) is 157 Å². The normalized spacial score (nSPS) is 18.0. The van der Waals surface area contributed by atoms with Gasteiger partial charge in [0.05, 0.1) is 12.1 Å². The molecule has 0 radical (unpaired) electrons. The average Bonchev–Trinajstić information content (AvgIpc) is 3.43. The molecule has 0 amide bonds. The molecule has 0 fully saturated rings. The molecule has 2 aliphatic heterocycles. The summed E-state index contributed by atoms with van der Waals surface area (Å²) in [4.78, 5) is 0. The van der Waals surface area contributed by atoms with Crippen LogP contribution in [0.25, 0.3) is 55.0 Å². The van der Waals surface area contributed by atoms with Gasteiger partial charge in [-0.1, -0.05) is 109 Å². The maximum atomic E-state index is 6.47. The summed E-state index contributed by atoms with van der Waals surface area (Å²) in [7, 11) is 0. The molecule has 196 valence electrons. The van der Waals surface area contributed by atoms with Gasteiger partial charge in [-0.3, -0.25) is 0 Å². The van der Waals surface area contributed by atoms with Crippen molar-refractivity contribution in [2.24, 2.45) is 0 Å². The topological polar surface area (TPSA) is 37.2 Å². The van der Waals surface area contributed by atoms with Crippen LogP contribution in [0.4, 0.5) is 0 Å². The maximum Gasteiger partial charge on any atom is 0.143 e. The fourth-order valence-electron chi connectivity index (χ4n) is 6.09. The first-order valence-corrected chi connectivity index (χ1v) is 14.1. The monoisotopic (exact) mass is 528 g/mol. The van der Waals surface area contributed by atoms with E-state index in [1.54, 1.807) is 0 Å². The van der Waals surface area contributed by atoms with E-state index in [4.69, 9.17) is 4.42 Å². The Morgan fingerprint density at radius 3 is 2.17 bits per heavy atom. The second-order valence-electron chi connectivity index (χ2n) is 10.7. The smallest absolute Gasteiger partial charge is 0.143 e. The largest absolute Gasteiger partial charge is 0.455 e. The Bertz CT molecular complexity index is 2040. The maximum absolute atomic E-state index is 6.47. The number of fused-ring (bicyclic) bond motifs is 5. The molecule has 0 spiro atoms. The van der Waals surface area contributed by atoms with E-state index in [1.807, 2.05) is 12.3 Å². The van der Waals surface area contributed by atoms with Crippen molar-refractivity contribution in [1.82, 2.24) is 10.6 Å². The second kappa shape index (κ2) is 9.72. The zero-order chi connectivity index (χ0) is 27.2. The summed E-state index contributed by atoms with van der Waals surface area (Å²) in [6, 6.07) is 37.2. The highest BCUT2D eigenvalue weighted by atomic mass is 16.3. The van der Waals surface area contributed by atoms with Gasteiger partial charge in [-0.15, -0.1) is 0 Å². The summed E-state index contributed by atoms with van der Waals surface area (Å²) in [5.41, 5.74) is 9.05. The summed E-state index contributed by atoms with van der Waals surface area (Å²) < 4.78 is 6.47. The summed E-state index contributed by atoms with van der Waals surface area (Å²) in [5.74, 6) is 0. The molecule has 1 aromatic heterocycles. The van der Waals surface area contributed by atoms with Crippen molar-refractivity contribution in [3.8, 4) is 22.3 Å². The van der Waals surface area contributed by atoms with Crippen LogP contribution in [0.2, 0.25) is 0 Å². The Hall–Kier alpha value is -5.28. The third kappa shape index (κ3) is 4.14. The van der Waals surface area contributed by atoms with Gasteiger partial charge in [-0.05, 0) is 69.8 Å². The SMILES string of the molecule is C1=CNC(C2=CC=CC(c3ccc(-c4cc5c6cc(-c7ccccc7)ccc6oc5c5ccccc45)cc3)N2)C=C1. The van der Waals surface area contributed by atoms with Gasteiger partial charge in [0.15, 0.2) is 0 Å². The van der Waals surface area contributed by atoms with Crippen molar-refractivity contribution in [1.29, 1.82) is 0 Å². The molecule has 8 rings (SSSR count). The second-order valence-corrected chi connectivity index (χ2v) is 10.7. The van der Waals surface area contributed by atoms with Gasteiger partial charge in [0, 0.05) is 21.9 Å². The average molecular weight is 529 g/mol. The standard InChI is InChI=1S/C38H28N2O/c1-2-9-25(10-3-1)28-20-21-37-32(23-28)33-24-31(29-11-4-5-12-30(29)38(33)41-37)26-16-18-27(19-17-26)34-14-8-15-36(40-34)35-13-6-7-22-39-35/h1-24,34-35,39-40H. The molecule has 2 atom stereocenters. The van der Waals surface area contributed by atoms with Crippen molar-refractivity contribution in [2.75, 3.05) is 0 Å². The van der Waals surface area contributed by atoms with E-state index in [0.717, 1.165) is 27.3 Å². The number of allylic oxidation sites excluding steroid dienone is 4. The van der Waals surface area contributed by atoms with Crippen LogP contribution in [0.1, 0.15) is 11.6 Å². The number of furan rings is 1. The number of dihydropyridines is 2. The Balaban J connectivity index is 1.20. The van der Waals surface area contributed by atoms with Crippen LogP contribution >= 0.6 is 0 Å². The highest BCUT2D eigenvalue weighted by Gasteiger charge is 2.19. The van der Waals surface area contributed by atoms with E-state index >= 15 is 0 Å². The van der Waals surface area contributed by atoms with Crippen molar-refractivity contribution >= 4 is 32.7 Å². The van der Waals surface area contributed by atoms with Crippen LogP contribution in [-0.2, 0) is 0 Å². The molecule has 5 aromatic carbocycles. The third-order valence-electron chi connectivity index (χ3n) is 8.19. The van der Waals surface area contributed by atoms with Gasteiger partial charge in [-0.25, -0.2) is 0 Å². The first kappa shape index (κ1) is 23.6. The van der Waals surface area contributed by atoms with E-state index in [9.17, 15) is 0 Å². The zero-order valence-electron chi connectivity index (χ0n) is 22.4. The molecule has 3 heteroatoms. The van der Waals surface area contributed by atoms with Gasteiger partial charge < -0.3 is 15.1 Å². The highest BCUT2D eigenvalue weighted by molar-refractivity contribution is 6.19.